The molecule has 0 aliphatic carbocycles. The fourth-order valence-electron chi connectivity index (χ4n) is 2.32. The van der Waals surface area contributed by atoms with Crippen LogP contribution in [-0.2, 0) is 6.54 Å². The first kappa shape index (κ1) is 15.1. The molecule has 0 unspecified atom stereocenters. The molecule has 0 saturated heterocycles. The van der Waals surface area contributed by atoms with E-state index in [0.29, 0.717) is 12.1 Å². The highest BCUT2D eigenvalue weighted by molar-refractivity contribution is 5.96. The molecule has 0 saturated carbocycles. The highest BCUT2D eigenvalue weighted by Gasteiger charge is 2.11. The van der Waals surface area contributed by atoms with Crippen LogP contribution in [0.25, 0.3) is 11.2 Å². The number of aromatic nitrogens is 6. The summed E-state index contributed by atoms with van der Waals surface area (Å²) in [5.41, 5.74) is 2.05. The van der Waals surface area contributed by atoms with Gasteiger partial charge in [-0.2, -0.15) is 0 Å². The van der Waals surface area contributed by atoms with E-state index >= 15 is 0 Å². The molecule has 0 aliphatic heterocycles. The van der Waals surface area contributed by atoms with Crippen LogP contribution in [0.4, 0.5) is 0 Å². The van der Waals surface area contributed by atoms with Crippen LogP contribution < -0.4 is 5.32 Å². The van der Waals surface area contributed by atoms with E-state index in [1.807, 2.05) is 4.57 Å². The maximum absolute atomic E-state index is 12.2. The van der Waals surface area contributed by atoms with Crippen molar-refractivity contribution in [2.75, 3.05) is 6.54 Å². The average Bonchev–Trinajstić information content (AvgIpc) is 3.19. The molecule has 0 radical (unpaired) electrons. The molecule has 3 aromatic rings. The molecule has 1 N–H and O–H groups in total. The van der Waals surface area contributed by atoms with Gasteiger partial charge in [-0.05, 0) is 26.3 Å². The van der Waals surface area contributed by atoms with Crippen LogP contribution in [0, 0.1) is 0 Å². The first-order valence-corrected chi connectivity index (χ1v) is 7.60. The van der Waals surface area contributed by atoms with E-state index in [9.17, 15) is 4.79 Å². The summed E-state index contributed by atoms with van der Waals surface area (Å²) >= 11 is 0. The summed E-state index contributed by atoms with van der Waals surface area (Å²) in [5.74, 6) is -0.142. The molecule has 3 heterocycles. The topological polar surface area (TPSA) is 90.5 Å². The van der Waals surface area contributed by atoms with Crippen molar-refractivity contribution in [3.8, 4) is 0 Å². The number of carbonyl (C=O) groups excluding carboxylic acids is 1. The summed E-state index contributed by atoms with van der Waals surface area (Å²) in [6, 6.07) is 2.05. The molecule has 8 heteroatoms. The van der Waals surface area contributed by atoms with Gasteiger partial charge in [-0.25, -0.2) is 9.97 Å². The van der Waals surface area contributed by atoms with Gasteiger partial charge in [0.1, 0.15) is 5.52 Å². The Morgan fingerprint density at radius 1 is 1.35 bits per heavy atom. The van der Waals surface area contributed by atoms with E-state index in [4.69, 9.17) is 0 Å². The first-order valence-electron chi connectivity index (χ1n) is 7.60. The van der Waals surface area contributed by atoms with Crippen LogP contribution >= 0.6 is 0 Å². The van der Waals surface area contributed by atoms with Gasteiger partial charge in [-0.3, -0.25) is 9.48 Å². The van der Waals surface area contributed by atoms with Crippen molar-refractivity contribution in [2.45, 2.75) is 32.9 Å². The standard InChI is InChI=1S/C15H19N7O/c1-11(2)22-10-18-13-8-12(9-17-14(13)22)15(23)16-4-3-6-21-7-5-19-20-21/h5,7-11H,3-4,6H2,1-2H3,(H,16,23). The van der Waals surface area contributed by atoms with Crippen LogP contribution in [0.5, 0.6) is 0 Å². The Labute approximate surface area is 133 Å². The van der Waals surface area contributed by atoms with Crippen molar-refractivity contribution in [3.05, 3.63) is 36.5 Å². The largest absolute Gasteiger partial charge is 0.352 e. The molecular weight excluding hydrogens is 294 g/mol. The van der Waals surface area contributed by atoms with Crippen molar-refractivity contribution in [2.24, 2.45) is 0 Å². The van der Waals surface area contributed by atoms with Crippen LogP contribution in [0.1, 0.15) is 36.7 Å². The van der Waals surface area contributed by atoms with Gasteiger partial charge in [0.15, 0.2) is 5.65 Å². The number of amides is 1. The molecule has 3 aromatic heterocycles. The molecule has 0 aromatic carbocycles. The SMILES string of the molecule is CC(C)n1cnc2cc(C(=O)NCCCn3ccnn3)cnc21. The smallest absolute Gasteiger partial charge is 0.252 e. The number of hydrogen-bond acceptors (Lipinski definition) is 5. The number of imidazole rings is 1. The van der Waals surface area contributed by atoms with Gasteiger partial charge in [0.2, 0.25) is 0 Å². The number of hydrogen-bond donors (Lipinski definition) is 1. The Bertz CT molecular complexity index is 791. The zero-order valence-electron chi connectivity index (χ0n) is 13.2. The summed E-state index contributed by atoms with van der Waals surface area (Å²) < 4.78 is 3.72. The predicted molar refractivity (Wildman–Crippen MR) is 84.9 cm³/mol. The van der Waals surface area contributed by atoms with E-state index in [2.05, 4.69) is 39.4 Å². The first-order chi connectivity index (χ1) is 11.1. The quantitative estimate of drug-likeness (QED) is 0.695. The molecule has 0 aliphatic rings. The van der Waals surface area contributed by atoms with Gasteiger partial charge in [0, 0.05) is 31.5 Å². The molecule has 3 rings (SSSR count). The Balaban J connectivity index is 1.60. The Morgan fingerprint density at radius 3 is 2.96 bits per heavy atom. The van der Waals surface area contributed by atoms with Crippen LogP contribution in [-0.4, -0.2) is 42.0 Å². The molecule has 0 atom stereocenters. The van der Waals surface area contributed by atoms with E-state index in [-0.39, 0.29) is 11.9 Å². The van der Waals surface area contributed by atoms with Gasteiger partial charge in [0.25, 0.3) is 5.91 Å². The van der Waals surface area contributed by atoms with Crippen molar-refractivity contribution < 1.29 is 4.79 Å². The third kappa shape index (κ3) is 3.36. The lowest BCUT2D eigenvalue weighted by molar-refractivity contribution is 0.0952. The number of nitrogens with zero attached hydrogens (tertiary/aromatic N) is 6. The number of pyridine rings is 1. The minimum Gasteiger partial charge on any atom is -0.352 e. The lowest BCUT2D eigenvalue weighted by Crippen LogP contribution is -2.25. The van der Waals surface area contributed by atoms with Crippen LogP contribution in [0.15, 0.2) is 31.0 Å². The normalized spacial score (nSPS) is 11.3. The molecule has 0 bridgehead atoms. The summed E-state index contributed by atoms with van der Waals surface area (Å²) in [6.07, 6.45) is 7.56. The fraction of sp³-hybridized carbons (Fsp3) is 0.400. The third-order valence-corrected chi connectivity index (χ3v) is 3.55. The predicted octanol–water partition coefficient (Wildman–Crippen LogP) is 1.42. The Hall–Kier alpha value is -2.77. The summed E-state index contributed by atoms with van der Waals surface area (Å²) in [6.45, 7) is 5.42. The number of aryl methyl sites for hydroxylation is 1. The number of nitrogens with one attached hydrogen (secondary N) is 1. The van der Waals surface area contributed by atoms with E-state index < -0.39 is 0 Å². The molecule has 8 nitrogen and oxygen atoms in total. The Morgan fingerprint density at radius 2 is 2.22 bits per heavy atom. The third-order valence-electron chi connectivity index (χ3n) is 3.55. The fourth-order valence-corrected chi connectivity index (χ4v) is 2.32. The highest BCUT2D eigenvalue weighted by Crippen LogP contribution is 2.16. The maximum atomic E-state index is 12.2. The summed E-state index contributed by atoms with van der Waals surface area (Å²) in [4.78, 5) is 20.9. The minimum atomic E-state index is -0.142. The molecular formula is C15H19N7O. The monoisotopic (exact) mass is 313 g/mol. The van der Waals surface area contributed by atoms with Crippen molar-refractivity contribution in [1.82, 2.24) is 34.8 Å². The Kier molecular flexibility index (Phi) is 4.31. The maximum Gasteiger partial charge on any atom is 0.252 e. The van der Waals surface area contributed by atoms with Crippen molar-refractivity contribution in [3.63, 3.8) is 0 Å². The van der Waals surface area contributed by atoms with Gasteiger partial charge >= 0.3 is 0 Å². The lowest BCUT2D eigenvalue weighted by atomic mass is 10.2. The second-order valence-electron chi connectivity index (χ2n) is 5.59. The highest BCUT2D eigenvalue weighted by atomic mass is 16.1. The van der Waals surface area contributed by atoms with E-state index in [1.165, 1.54) is 0 Å². The summed E-state index contributed by atoms with van der Waals surface area (Å²) in [7, 11) is 0. The van der Waals surface area contributed by atoms with E-state index in [1.54, 1.807) is 35.7 Å². The minimum absolute atomic E-state index is 0.142. The van der Waals surface area contributed by atoms with Gasteiger partial charge in [-0.1, -0.05) is 5.21 Å². The van der Waals surface area contributed by atoms with Gasteiger partial charge in [-0.15, -0.1) is 5.10 Å². The van der Waals surface area contributed by atoms with Gasteiger partial charge < -0.3 is 9.88 Å². The second kappa shape index (κ2) is 6.55. The average molecular weight is 313 g/mol. The van der Waals surface area contributed by atoms with E-state index in [0.717, 1.165) is 24.1 Å². The molecule has 23 heavy (non-hydrogen) atoms. The zero-order chi connectivity index (χ0) is 16.2. The van der Waals surface area contributed by atoms with Gasteiger partial charge in [0.05, 0.1) is 18.1 Å². The second-order valence-corrected chi connectivity index (χ2v) is 5.59. The van der Waals surface area contributed by atoms with Crippen molar-refractivity contribution in [1.29, 1.82) is 0 Å². The molecule has 0 fully saturated rings. The molecule has 120 valence electrons. The van der Waals surface area contributed by atoms with Crippen molar-refractivity contribution >= 4 is 17.1 Å². The van der Waals surface area contributed by atoms with Crippen LogP contribution in [0.2, 0.25) is 0 Å². The summed E-state index contributed by atoms with van der Waals surface area (Å²) in [5, 5.41) is 10.5. The number of carbonyl (C=O) groups is 1. The molecule has 1 amide bonds. The zero-order valence-corrected chi connectivity index (χ0v) is 13.2. The lowest BCUT2D eigenvalue weighted by Gasteiger charge is -2.07. The molecule has 0 spiro atoms. The number of rotatable bonds is 6. The van der Waals surface area contributed by atoms with Crippen LogP contribution in [0.3, 0.4) is 0 Å². The number of fused-ring (bicyclic) bond motifs is 1.